The van der Waals surface area contributed by atoms with Crippen molar-refractivity contribution < 1.29 is 80.3 Å². The van der Waals surface area contributed by atoms with Crippen LogP contribution in [0.5, 0.6) is 0 Å². The van der Waals surface area contributed by atoms with Gasteiger partial charge in [-0.15, -0.1) is 0 Å². The second-order valence-electron chi connectivity index (χ2n) is 12.9. The SMILES string of the molecule is Nc1ncnc2c1ncn2[C@@H]1O[C@H](COP(=O)([O-])OP(=O)([O-])OP(=O)([O-])NCCOCCOCCOCCNC(=O)CCCC[C@H]2SC[C@@H]3NC(=O)N[C@@H]32)[C@@H](O)[C@H]1O. The number of aliphatic hydroxyl groups is 2. The van der Waals surface area contributed by atoms with Crippen LogP contribution in [0.2, 0.25) is 0 Å². The molecule has 2 aromatic rings. The summed E-state index contributed by atoms with van der Waals surface area (Å²) in [6.07, 6.45) is -1.03. The van der Waals surface area contributed by atoms with Gasteiger partial charge in [0.05, 0.1) is 64.7 Å². The van der Waals surface area contributed by atoms with Gasteiger partial charge < -0.3 is 70.0 Å². The van der Waals surface area contributed by atoms with E-state index in [1.165, 1.54) is 10.9 Å². The number of nitrogens with zero attached hydrogens (tertiary/aromatic N) is 4. The molecule has 3 fully saturated rings. The molecule has 0 saturated carbocycles. The van der Waals surface area contributed by atoms with Crippen LogP contribution in [-0.4, -0.2) is 142 Å². The Morgan fingerprint density at radius 3 is 2.41 bits per heavy atom. The highest BCUT2D eigenvalue weighted by molar-refractivity contribution is 8.00. The molecule has 0 aliphatic carbocycles. The summed E-state index contributed by atoms with van der Waals surface area (Å²) in [7, 11) is -17.4. The molecule has 58 heavy (non-hydrogen) atoms. The second kappa shape index (κ2) is 21.4. The predicted octanol–water partition coefficient (Wildman–Crippen LogP) is -3.04. The minimum atomic E-state index is -6.10. The summed E-state index contributed by atoms with van der Waals surface area (Å²) < 4.78 is 71.1. The highest BCUT2D eigenvalue weighted by Gasteiger charge is 2.45. The Hall–Kier alpha value is -2.39. The van der Waals surface area contributed by atoms with Crippen molar-refractivity contribution in [3.63, 3.8) is 0 Å². The fourth-order valence-electron chi connectivity index (χ4n) is 6.06. The van der Waals surface area contributed by atoms with Crippen LogP contribution in [0.3, 0.4) is 0 Å². The molecule has 0 aromatic carbocycles. The number of unbranched alkanes of at least 4 members (excludes halogenated alkanes) is 1. The van der Waals surface area contributed by atoms with Gasteiger partial charge in [-0.25, -0.2) is 24.1 Å². The van der Waals surface area contributed by atoms with E-state index in [9.17, 15) is 48.2 Å². The zero-order chi connectivity index (χ0) is 41.9. The van der Waals surface area contributed by atoms with Crippen LogP contribution in [0.15, 0.2) is 12.7 Å². The molecule has 30 heteroatoms. The second-order valence-corrected chi connectivity index (χ2v) is 18.9. The molecular formula is C28H45N9O17P3S-3. The first kappa shape index (κ1) is 46.7. The first-order chi connectivity index (χ1) is 27.5. The molecule has 3 saturated heterocycles. The van der Waals surface area contributed by atoms with Gasteiger partial charge in [0, 0.05) is 30.5 Å². The number of nitrogens with one attached hydrogen (secondary N) is 4. The lowest BCUT2D eigenvalue weighted by atomic mass is 10.0. The Labute approximate surface area is 335 Å². The summed E-state index contributed by atoms with van der Waals surface area (Å²) in [5.41, 5.74) is 6.01. The molecule has 8 N–H and O–H groups in total. The first-order valence-corrected chi connectivity index (χ1v) is 23.4. The fourth-order valence-corrected chi connectivity index (χ4v) is 11.1. The van der Waals surface area contributed by atoms with Crippen molar-refractivity contribution in [3.8, 4) is 0 Å². The Morgan fingerprint density at radius 1 is 0.966 bits per heavy atom. The van der Waals surface area contributed by atoms with E-state index in [0.717, 1.165) is 31.3 Å². The van der Waals surface area contributed by atoms with Crippen molar-refractivity contribution >= 4 is 64.1 Å². The summed E-state index contributed by atoms with van der Waals surface area (Å²) >= 11 is 1.84. The standard InChI is InChI=1S/C28H48N9O17P3S/c29-25-22-26(32-15-31-25)37(16-33-22)27-24(40)23(39)18(52-27)13-51-56(44,45)54-57(46,47)53-55(42,43)34-6-8-49-10-12-50-11-9-48-7-5-30-20(38)4-2-1-3-19-21-17(14-58-19)35-28(41)36-21/h15-19,21,23-24,27,39-40H,1-14H2,(H,30,38)(H,44,45)(H,46,47)(H2,29,31,32)(H2,34,42,43)(H2,35,36,41)/p-3/t17-,18+,19+,21-,23+,24+,27+/m0/s1. The average molecular weight is 905 g/mol. The normalized spacial score (nSPS) is 27.4. The summed E-state index contributed by atoms with van der Waals surface area (Å²) in [4.78, 5) is 71.7. The number of phosphoric ester groups is 1. The topological polar surface area (TPSA) is 377 Å². The zero-order valence-electron chi connectivity index (χ0n) is 30.7. The Bertz CT molecular complexity index is 1840. The number of urea groups is 1. The van der Waals surface area contributed by atoms with E-state index in [4.69, 9.17) is 24.7 Å². The predicted molar refractivity (Wildman–Crippen MR) is 194 cm³/mol. The smallest absolute Gasteiger partial charge is 0.315 e. The number of hydrogen-bond donors (Lipinski definition) is 7. The summed E-state index contributed by atoms with van der Waals surface area (Å²) in [6, 6.07) is 0.225. The van der Waals surface area contributed by atoms with Crippen LogP contribution in [0.25, 0.3) is 11.2 Å². The fraction of sp³-hybridized carbons (Fsp3) is 0.750. The highest BCUT2D eigenvalue weighted by atomic mass is 32.2. The number of carbonyl (C=O) groups excluding carboxylic acids is 2. The van der Waals surface area contributed by atoms with Gasteiger partial charge in [-0.2, -0.15) is 11.8 Å². The van der Waals surface area contributed by atoms with Gasteiger partial charge >= 0.3 is 6.03 Å². The van der Waals surface area contributed by atoms with Gasteiger partial charge in [0.25, 0.3) is 15.6 Å². The number of ether oxygens (including phenoxy) is 4. The van der Waals surface area contributed by atoms with Crippen molar-refractivity contribution in [3.05, 3.63) is 12.7 Å². The van der Waals surface area contributed by atoms with Crippen molar-refractivity contribution in [2.24, 2.45) is 0 Å². The summed E-state index contributed by atoms with van der Waals surface area (Å²) in [5, 5.41) is 31.6. The Morgan fingerprint density at radius 2 is 1.67 bits per heavy atom. The van der Waals surface area contributed by atoms with Gasteiger partial charge in [-0.3, -0.25) is 32.5 Å². The van der Waals surface area contributed by atoms with E-state index in [-0.39, 0.29) is 80.6 Å². The largest absolute Gasteiger partial charge is 0.766 e. The van der Waals surface area contributed by atoms with E-state index in [0.29, 0.717) is 18.2 Å². The third-order valence-electron chi connectivity index (χ3n) is 8.75. The third-order valence-corrected chi connectivity index (χ3v) is 14.6. The van der Waals surface area contributed by atoms with Crippen LogP contribution in [-0.2, 0) is 50.6 Å². The van der Waals surface area contributed by atoms with E-state index in [1.807, 2.05) is 11.8 Å². The maximum atomic E-state index is 12.2. The van der Waals surface area contributed by atoms with Gasteiger partial charge in [0.15, 0.2) is 17.7 Å². The number of phosphoric acid groups is 2. The Balaban J connectivity index is 0.850. The number of hydrogen-bond acceptors (Lipinski definition) is 22. The average Bonchev–Trinajstić information content (AvgIpc) is 3.90. The molecule has 3 aliphatic heterocycles. The molecule has 3 aliphatic rings. The number of imidazole rings is 1. The van der Waals surface area contributed by atoms with Crippen LogP contribution >= 0.6 is 35.2 Å². The lowest BCUT2D eigenvalue weighted by Gasteiger charge is -2.35. The van der Waals surface area contributed by atoms with Crippen LogP contribution in [0.1, 0.15) is 31.9 Å². The number of nitrogen functional groups attached to an aromatic ring is 1. The number of thioether (sulfide) groups is 1. The number of amides is 3. The monoisotopic (exact) mass is 904 g/mol. The molecule has 26 nitrogen and oxygen atoms in total. The number of aromatic nitrogens is 4. The van der Waals surface area contributed by atoms with Crippen molar-refractivity contribution in [2.75, 3.05) is 70.8 Å². The first-order valence-electron chi connectivity index (χ1n) is 17.9. The molecule has 5 heterocycles. The van der Waals surface area contributed by atoms with Crippen LogP contribution in [0, 0.1) is 0 Å². The lowest BCUT2D eigenvalue weighted by Crippen LogP contribution is -2.36. The van der Waals surface area contributed by atoms with Gasteiger partial charge in [-0.1, -0.05) is 6.42 Å². The maximum absolute atomic E-state index is 12.2. The molecule has 3 unspecified atom stereocenters. The van der Waals surface area contributed by atoms with Gasteiger partial charge in [0.2, 0.25) is 13.7 Å². The number of aliphatic hydroxyl groups excluding tert-OH is 2. The van der Waals surface area contributed by atoms with Crippen LogP contribution in [0.4, 0.5) is 10.6 Å². The lowest BCUT2D eigenvalue weighted by molar-refractivity contribution is -0.246. The van der Waals surface area contributed by atoms with Gasteiger partial charge in [-0.05, 0) is 12.8 Å². The molecule has 5 rings (SSSR count). The molecule has 10 atom stereocenters. The van der Waals surface area contributed by atoms with Crippen LogP contribution < -0.4 is 41.5 Å². The zero-order valence-corrected chi connectivity index (χ0v) is 34.2. The van der Waals surface area contributed by atoms with E-state index in [1.54, 1.807) is 5.09 Å². The minimum absolute atomic E-state index is 0.0187. The molecule has 0 bridgehead atoms. The maximum Gasteiger partial charge on any atom is 0.315 e. The molecule has 0 spiro atoms. The molecule has 3 amide bonds. The number of anilines is 1. The van der Waals surface area contributed by atoms with E-state index in [2.05, 4.69) is 44.0 Å². The highest BCUT2D eigenvalue weighted by Crippen LogP contribution is 2.61. The minimum Gasteiger partial charge on any atom is -0.766 e. The molecule has 328 valence electrons. The summed E-state index contributed by atoms with van der Waals surface area (Å²) in [5.74, 6) is 0.852. The quantitative estimate of drug-likeness (QED) is 0.0280. The third kappa shape index (κ3) is 13.8. The Kier molecular flexibility index (Phi) is 17.2. The van der Waals surface area contributed by atoms with Crippen molar-refractivity contribution in [1.29, 1.82) is 0 Å². The summed E-state index contributed by atoms with van der Waals surface area (Å²) in [6.45, 7) is -0.539. The van der Waals surface area contributed by atoms with E-state index < -0.39 is 61.1 Å². The number of carbonyl (C=O) groups is 2. The van der Waals surface area contributed by atoms with Gasteiger partial charge in [0.1, 0.15) is 30.2 Å². The number of nitrogens with two attached hydrogens (primary N) is 1. The van der Waals surface area contributed by atoms with Crippen molar-refractivity contribution in [2.45, 2.75) is 67.6 Å². The molecular weight excluding hydrogens is 859 g/mol. The van der Waals surface area contributed by atoms with E-state index >= 15 is 0 Å². The van der Waals surface area contributed by atoms with Crippen molar-refractivity contribution in [1.82, 2.24) is 40.6 Å². The molecule has 0 radical (unpaired) electrons. The number of rotatable bonds is 26. The molecule has 2 aromatic heterocycles. The number of fused-ring (bicyclic) bond motifs is 2.